The zero-order valence-corrected chi connectivity index (χ0v) is 13.8. The van der Waals surface area contributed by atoms with Crippen molar-refractivity contribution in [3.8, 4) is 0 Å². The van der Waals surface area contributed by atoms with Crippen LogP contribution in [-0.2, 0) is 11.2 Å². The highest BCUT2D eigenvalue weighted by Gasteiger charge is 2.10. The van der Waals surface area contributed by atoms with Crippen LogP contribution in [0.15, 0.2) is 60.7 Å². The van der Waals surface area contributed by atoms with Gasteiger partial charge in [-0.3, -0.25) is 4.79 Å². The number of hydrogen-bond donors (Lipinski definition) is 1. The van der Waals surface area contributed by atoms with Crippen molar-refractivity contribution in [1.29, 1.82) is 0 Å². The lowest BCUT2D eigenvalue weighted by Crippen LogP contribution is -2.15. The minimum Gasteiger partial charge on any atom is -0.323 e. The molecule has 4 heteroatoms. The molecule has 0 aliphatic carbocycles. The third-order valence-corrected chi connectivity index (χ3v) is 4.11. The van der Waals surface area contributed by atoms with Gasteiger partial charge in [-0.25, -0.2) is 4.39 Å². The van der Waals surface area contributed by atoms with Crippen molar-refractivity contribution in [2.45, 2.75) is 6.42 Å². The van der Waals surface area contributed by atoms with E-state index in [1.165, 1.54) is 6.07 Å². The average molecular weight is 405 g/mol. The van der Waals surface area contributed by atoms with E-state index in [1.54, 1.807) is 12.1 Å². The molecule has 0 saturated heterocycles. The van der Waals surface area contributed by atoms with Gasteiger partial charge in [0.25, 0.3) is 0 Å². The van der Waals surface area contributed by atoms with Gasteiger partial charge in [0.1, 0.15) is 5.82 Å². The second kappa shape index (κ2) is 6.44. The largest absolute Gasteiger partial charge is 0.323 e. The molecule has 22 heavy (non-hydrogen) atoms. The molecule has 1 N–H and O–H groups in total. The maximum absolute atomic E-state index is 13.8. The fourth-order valence-electron chi connectivity index (χ4n) is 2.40. The molecule has 0 aliphatic heterocycles. The van der Waals surface area contributed by atoms with E-state index in [9.17, 15) is 9.18 Å². The Bertz CT molecular complexity index is 842. The number of halogens is 2. The summed E-state index contributed by atoms with van der Waals surface area (Å²) in [4.78, 5) is 12.2. The Hall–Kier alpha value is -1.95. The maximum atomic E-state index is 13.8. The van der Waals surface area contributed by atoms with Crippen LogP contribution in [0, 0.1) is 9.39 Å². The number of rotatable bonds is 3. The lowest BCUT2D eigenvalue weighted by molar-refractivity contribution is -0.115. The van der Waals surface area contributed by atoms with E-state index in [2.05, 4.69) is 5.32 Å². The van der Waals surface area contributed by atoms with Gasteiger partial charge in [0.05, 0.1) is 12.1 Å². The van der Waals surface area contributed by atoms with Gasteiger partial charge in [0, 0.05) is 3.57 Å². The van der Waals surface area contributed by atoms with E-state index in [1.807, 2.05) is 65.1 Å². The molecule has 1 amide bonds. The van der Waals surface area contributed by atoms with Crippen LogP contribution in [0.3, 0.4) is 0 Å². The second-order valence-electron chi connectivity index (χ2n) is 4.99. The summed E-state index contributed by atoms with van der Waals surface area (Å²) >= 11 is 2.03. The number of carbonyl (C=O) groups excluding carboxylic acids is 1. The Morgan fingerprint density at radius 3 is 2.64 bits per heavy atom. The quantitative estimate of drug-likeness (QED) is 0.626. The fourth-order valence-corrected chi connectivity index (χ4v) is 2.86. The summed E-state index contributed by atoms with van der Waals surface area (Å²) in [5.41, 5.74) is 1.15. The molecule has 3 aromatic carbocycles. The first-order valence-corrected chi connectivity index (χ1v) is 7.93. The SMILES string of the molecule is O=C(Cc1cccc2ccccc12)Nc1ccc(I)cc1F. The van der Waals surface area contributed by atoms with Crippen molar-refractivity contribution in [2.75, 3.05) is 5.32 Å². The molecule has 0 saturated carbocycles. The van der Waals surface area contributed by atoms with Gasteiger partial charge in [0.2, 0.25) is 5.91 Å². The van der Waals surface area contributed by atoms with E-state index in [-0.39, 0.29) is 18.0 Å². The first-order chi connectivity index (χ1) is 10.6. The van der Waals surface area contributed by atoms with Crippen molar-refractivity contribution in [1.82, 2.24) is 0 Å². The van der Waals surface area contributed by atoms with Crippen LogP contribution >= 0.6 is 22.6 Å². The topological polar surface area (TPSA) is 29.1 Å². The van der Waals surface area contributed by atoms with Gasteiger partial charge in [-0.1, -0.05) is 42.5 Å². The highest BCUT2D eigenvalue weighted by Crippen LogP contribution is 2.20. The first kappa shape index (κ1) is 15.0. The minimum atomic E-state index is -0.418. The number of anilines is 1. The summed E-state index contributed by atoms with van der Waals surface area (Å²) in [6.07, 6.45) is 0.215. The minimum absolute atomic E-state index is 0.214. The number of benzene rings is 3. The maximum Gasteiger partial charge on any atom is 0.228 e. The molecule has 3 rings (SSSR count). The van der Waals surface area contributed by atoms with Crippen molar-refractivity contribution in [2.24, 2.45) is 0 Å². The molecule has 0 radical (unpaired) electrons. The number of carbonyl (C=O) groups is 1. The van der Waals surface area contributed by atoms with E-state index in [4.69, 9.17) is 0 Å². The van der Waals surface area contributed by atoms with Crippen LogP contribution in [0.25, 0.3) is 10.8 Å². The Morgan fingerprint density at radius 2 is 1.82 bits per heavy atom. The molecule has 0 atom stereocenters. The highest BCUT2D eigenvalue weighted by molar-refractivity contribution is 14.1. The normalized spacial score (nSPS) is 10.6. The Labute approximate surface area is 141 Å². The summed E-state index contributed by atoms with van der Waals surface area (Å²) in [6.45, 7) is 0. The van der Waals surface area contributed by atoms with Crippen LogP contribution in [0.2, 0.25) is 0 Å². The van der Waals surface area contributed by atoms with Crippen LogP contribution < -0.4 is 5.32 Å². The van der Waals surface area contributed by atoms with E-state index >= 15 is 0 Å². The van der Waals surface area contributed by atoms with Crippen LogP contribution in [-0.4, -0.2) is 5.91 Å². The predicted molar refractivity (Wildman–Crippen MR) is 95.4 cm³/mol. The van der Waals surface area contributed by atoms with Gasteiger partial charge >= 0.3 is 0 Å². The van der Waals surface area contributed by atoms with Gasteiger partial charge in [-0.2, -0.15) is 0 Å². The molecule has 0 aliphatic rings. The highest BCUT2D eigenvalue weighted by atomic mass is 127. The van der Waals surface area contributed by atoms with Crippen molar-refractivity contribution in [3.63, 3.8) is 0 Å². The molecular formula is C18H13FINO. The molecule has 0 bridgehead atoms. The van der Waals surface area contributed by atoms with E-state index in [0.29, 0.717) is 0 Å². The lowest BCUT2D eigenvalue weighted by atomic mass is 10.0. The molecule has 3 aromatic rings. The zero-order chi connectivity index (χ0) is 15.5. The number of hydrogen-bond acceptors (Lipinski definition) is 1. The lowest BCUT2D eigenvalue weighted by Gasteiger charge is -2.09. The summed E-state index contributed by atoms with van der Waals surface area (Å²) in [7, 11) is 0. The number of fused-ring (bicyclic) bond motifs is 1. The zero-order valence-electron chi connectivity index (χ0n) is 11.6. The Kier molecular flexibility index (Phi) is 4.38. The molecule has 0 aromatic heterocycles. The van der Waals surface area contributed by atoms with Crippen LogP contribution in [0.1, 0.15) is 5.56 Å². The Morgan fingerprint density at radius 1 is 1.05 bits per heavy atom. The smallest absolute Gasteiger partial charge is 0.228 e. The third-order valence-electron chi connectivity index (χ3n) is 3.44. The molecule has 110 valence electrons. The summed E-state index contributed by atoms with van der Waals surface area (Å²) < 4.78 is 14.6. The monoisotopic (exact) mass is 405 g/mol. The van der Waals surface area contributed by atoms with Gasteiger partial charge < -0.3 is 5.32 Å². The van der Waals surface area contributed by atoms with Gasteiger partial charge in [-0.05, 0) is 57.1 Å². The van der Waals surface area contributed by atoms with E-state index < -0.39 is 5.82 Å². The van der Waals surface area contributed by atoms with Crippen LogP contribution in [0.4, 0.5) is 10.1 Å². The van der Waals surface area contributed by atoms with Crippen molar-refractivity contribution in [3.05, 3.63) is 75.6 Å². The van der Waals surface area contributed by atoms with Gasteiger partial charge in [-0.15, -0.1) is 0 Å². The predicted octanol–water partition coefficient (Wildman–Crippen LogP) is 4.76. The molecule has 0 heterocycles. The first-order valence-electron chi connectivity index (χ1n) is 6.85. The average Bonchev–Trinajstić information content (AvgIpc) is 2.50. The summed E-state index contributed by atoms with van der Waals surface area (Å²) in [5, 5.41) is 4.77. The van der Waals surface area contributed by atoms with Crippen LogP contribution in [0.5, 0.6) is 0 Å². The molecule has 0 unspecified atom stereocenters. The fraction of sp³-hybridized carbons (Fsp3) is 0.0556. The second-order valence-corrected chi connectivity index (χ2v) is 6.23. The number of amides is 1. The third kappa shape index (κ3) is 3.27. The summed E-state index contributed by atoms with van der Waals surface area (Å²) in [6, 6.07) is 18.5. The standard InChI is InChI=1S/C18H13FINO/c19-16-11-14(20)8-9-17(16)21-18(22)10-13-6-3-5-12-4-1-2-7-15(12)13/h1-9,11H,10H2,(H,21,22). The summed E-state index contributed by atoms with van der Waals surface area (Å²) in [5.74, 6) is -0.644. The molecule has 2 nitrogen and oxygen atoms in total. The molecule has 0 fully saturated rings. The molecule has 0 spiro atoms. The van der Waals surface area contributed by atoms with E-state index in [0.717, 1.165) is 19.9 Å². The molecular weight excluding hydrogens is 392 g/mol. The van der Waals surface area contributed by atoms with Crippen molar-refractivity contribution >= 4 is 45.0 Å². The van der Waals surface area contributed by atoms with Gasteiger partial charge in [0.15, 0.2) is 0 Å². The number of nitrogens with one attached hydrogen (secondary N) is 1. The van der Waals surface area contributed by atoms with Crippen molar-refractivity contribution < 1.29 is 9.18 Å². The Balaban J connectivity index is 1.81.